The van der Waals surface area contributed by atoms with E-state index in [1.807, 2.05) is 17.1 Å². The minimum Gasteiger partial charge on any atom is -0.384 e. The lowest BCUT2D eigenvalue weighted by molar-refractivity contribution is 0.0451. The quantitative estimate of drug-likeness (QED) is 0.826. The van der Waals surface area contributed by atoms with Gasteiger partial charge in [-0.25, -0.2) is 0 Å². The average Bonchev–Trinajstić information content (AvgIpc) is 2.88. The van der Waals surface area contributed by atoms with Crippen molar-refractivity contribution in [3.05, 3.63) is 18.0 Å². The molecule has 1 aliphatic heterocycles. The second kappa shape index (κ2) is 3.57. The maximum atomic E-state index is 10.6. The average molecular weight is 221 g/mol. The molecule has 3 rings (SSSR count). The zero-order valence-corrected chi connectivity index (χ0v) is 9.76. The summed E-state index contributed by atoms with van der Waals surface area (Å²) in [5.74, 6) is 0. The Morgan fingerprint density at radius 1 is 1.56 bits per heavy atom. The standard InChI is InChI=1S/C12H19N3O/c1-2-15-8-10(7-13-15)12(16)5-6-14(9-12)11-3-4-11/h7-8,11,16H,2-6,9H2,1H3. The van der Waals surface area contributed by atoms with Crippen molar-refractivity contribution in [1.29, 1.82) is 0 Å². The molecule has 4 nitrogen and oxygen atoms in total. The van der Waals surface area contributed by atoms with Gasteiger partial charge < -0.3 is 5.11 Å². The first-order chi connectivity index (χ1) is 7.71. The van der Waals surface area contributed by atoms with Crippen LogP contribution in [-0.4, -0.2) is 38.9 Å². The molecule has 0 bridgehead atoms. The van der Waals surface area contributed by atoms with Crippen molar-refractivity contribution >= 4 is 0 Å². The second-order valence-electron chi connectivity index (χ2n) is 5.07. The Morgan fingerprint density at radius 3 is 3.00 bits per heavy atom. The molecule has 1 saturated heterocycles. The van der Waals surface area contributed by atoms with Gasteiger partial charge in [0, 0.05) is 37.4 Å². The molecule has 0 spiro atoms. The summed E-state index contributed by atoms with van der Waals surface area (Å²) in [7, 11) is 0. The predicted molar refractivity (Wildman–Crippen MR) is 61.0 cm³/mol. The fourth-order valence-corrected chi connectivity index (χ4v) is 2.59. The van der Waals surface area contributed by atoms with Gasteiger partial charge in [-0.05, 0) is 26.2 Å². The number of hydrogen-bond acceptors (Lipinski definition) is 3. The first kappa shape index (κ1) is 10.3. The van der Waals surface area contributed by atoms with Crippen LogP contribution in [-0.2, 0) is 12.1 Å². The van der Waals surface area contributed by atoms with Crippen LogP contribution >= 0.6 is 0 Å². The molecule has 1 N–H and O–H groups in total. The highest BCUT2D eigenvalue weighted by atomic mass is 16.3. The van der Waals surface area contributed by atoms with Gasteiger partial charge in [-0.15, -0.1) is 0 Å². The molecule has 1 aromatic rings. The number of aromatic nitrogens is 2. The molecule has 0 aromatic carbocycles. The van der Waals surface area contributed by atoms with Crippen molar-refractivity contribution in [1.82, 2.24) is 14.7 Å². The number of aryl methyl sites for hydroxylation is 1. The third kappa shape index (κ3) is 1.66. The summed E-state index contributed by atoms with van der Waals surface area (Å²) in [6, 6.07) is 0.746. The number of hydrogen-bond donors (Lipinski definition) is 1. The van der Waals surface area contributed by atoms with Crippen LogP contribution in [0.25, 0.3) is 0 Å². The van der Waals surface area contributed by atoms with E-state index < -0.39 is 5.60 Å². The number of likely N-dealkylation sites (tertiary alicyclic amines) is 1. The Kier molecular flexibility index (Phi) is 2.30. The van der Waals surface area contributed by atoms with Gasteiger partial charge in [-0.3, -0.25) is 9.58 Å². The highest BCUT2D eigenvalue weighted by Crippen LogP contribution is 2.38. The number of nitrogens with zero attached hydrogens (tertiary/aromatic N) is 3. The molecule has 1 aliphatic carbocycles. The Hall–Kier alpha value is -0.870. The van der Waals surface area contributed by atoms with Crippen molar-refractivity contribution in [2.45, 2.75) is 44.4 Å². The monoisotopic (exact) mass is 221 g/mol. The summed E-state index contributed by atoms with van der Waals surface area (Å²) >= 11 is 0. The maximum Gasteiger partial charge on any atom is 0.106 e. The molecule has 1 aromatic heterocycles. The summed E-state index contributed by atoms with van der Waals surface area (Å²) in [6.45, 7) is 4.74. The second-order valence-corrected chi connectivity index (χ2v) is 5.07. The Morgan fingerprint density at radius 2 is 2.38 bits per heavy atom. The van der Waals surface area contributed by atoms with Crippen molar-refractivity contribution in [3.63, 3.8) is 0 Å². The van der Waals surface area contributed by atoms with E-state index in [1.165, 1.54) is 12.8 Å². The van der Waals surface area contributed by atoms with Gasteiger partial charge in [-0.1, -0.05) is 0 Å². The fraction of sp³-hybridized carbons (Fsp3) is 0.750. The summed E-state index contributed by atoms with van der Waals surface area (Å²) < 4.78 is 1.88. The van der Waals surface area contributed by atoms with Crippen LogP contribution in [0, 0.1) is 0 Å². The zero-order chi connectivity index (χ0) is 11.2. The van der Waals surface area contributed by atoms with E-state index in [9.17, 15) is 5.11 Å². The van der Waals surface area contributed by atoms with Crippen LogP contribution in [0.4, 0.5) is 0 Å². The van der Waals surface area contributed by atoms with Gasteiger partial charge in [0.2, 0.25) is 0 Å². The van der Waals surface area contributed by atoms with Crippen molar-refractivity contribution in [2.24, 2.45) is 0 Å². The molecule has 4 heteroatoms. The van der Waals surface area contributed by atoms with Crippen LogP contribution in [0.3, 0.4) is 0 Å². The molecule has 0 amide bonds. The topological polar surface area (TPSA) is 41.3 Å². The lowest BCUT2D eigenvalue weighted by Gasteiger charge is -2.22. The van der Waals surface area contributed by atoms with E-state index in [2.05, 4.69) is 16.9 Å². The minimum absolute atomic E-state index is 0.657. The van der Waals surface area contributed by atoms with Crippen LogP contribution in [0.15, 0.2) is 12.4 Å². The summed E-state index contributed by atoms with van der Waals surface area (Å²) in [5, 5.41) is 14.9. The normalized spacial score (nSPS) is 31.1. The molecule has 88 valence electrons. The summed E-state index contributed by atoms with van der Waals surface area (Å²) in [5.41, 5.74) is 0.327. The lowest BCUT2D eigenvalue weighted by Crippen LogP contribution is -2.31. The predicted octanol–water partition coefficient (Wildman–Crippen LogP) is 0.959. The molecular formula is C12H19N3O. The third-order valence-electron chi connectivity index (χ3n) is 3.84. The van der Waals surface area contributed by atoms with E-state index in [4.69, 9.17) is 0 Å². The molecule has 0 radical (unpaired) electrons. The van der Waals surface area contributed by atoms with E-state index in [-0.39, 0.29) is 0 Å². The first-order valence-electron chi connectivity index (χ1n) is 6.20. The Balaban J connectivity index is 1.77. The van der Waals surface area contributed by atoms with Gasteiger partial charge in [0.15, 0.2) is 0 Å². The van der Waals surface area contributed by atoms with Crippen LogP contribution in [0.2, 0.25) is 0 Å². The Labute approximate surface area is 95.9 Å². The van der Waals surface area contributed by atoms with Gasteiger partial charge in [0.05, 0.1) is 6.20 Å². The van der Waals surface area contributed by atoms with Crippen LogP contribution < -0.4 is 0 Å². The highest BCUT2D eigenvalue weighted by Gasteiger charge is 2.43. The number of rotatable bonds is 3. The zero-order valence-electron chi connectivity index (χ0n) is 9.76. The maximum absolute atomic E-state index is 10.6. The lowest BCUT2D eigenvalue weighted by atomic mass is 9.96. The molecule has 2 aliphatic rings. The smallest absolute Gasteiger partial charge is 0.106 e. The van der Waals surface area contributed by atoms with Gasteiger partial charge >= 0.3 is 0 Å². The molecule has 16 heavy (non-hydrogen) atoms. The summed E-state index contributed by atoms with van der Waals surface area (Å²) in [4.78, 5) is 2.42. The van der Waals surface area contributed by atoms with Gasteiger partial charge in [0.25, 0.3) is 0 Å². The number of β-amino-alcohol motifs (C(OH)–C–C–N with tert-alkyl or cyclic N) is 1. The summed E-state index contributed by atoms with van der Waals surface area (Å²) in [6.07, 6.45) is 7.27. The Bertz CT molecular complexity index is 385. The largest absolute Gasteiger partial charge is 0.384 e. The van der Waals surface area contributed by atoms with Crippen LogP contribution in [0.5, 0.6) is 0 Å². The third-order valence-corrected chi connectivity index (χ3v) is 3.84. The highest BCUT2D eigenvalue weighted by molar-refractivity contribution is 5.18. The van der Waals surface area contributed by atoms with E-state index in [0.29, 0.717) is 0 Å². The van der Waals surface area contributed by atoms with Gasteiger partial charge in [0.1, 0.15) is 5.60 Å². The SMILES string of the molecule is CCn1cc(C2(O)CCN(C3CC3)C2)cn1. The van der Waals surface area contributed by atoms with Crippen molar-refractivity contribution < 1.29 is 5.11 Å². The molecule has 1 unspecified atom stereocenters. The van der Waals surface area contributed by atoms with Gasteiger partial charge in [-0.2, -0.15) is 5.10 Å². The minimum atomic E-state index is -0.657. The van der Waals surface area contributed by atoms with E-state index in [1.54, 1.807) is 0 Å². The first-order valence-corrected chi connectivity index (χ1v) is 6.20. The molecule has 2 heterocycles. The van der Waals surface area contributed by atoms with E-state index >= 15 is 0 Å². The van der Waals surface area contributed by atoms with Crippen LogP contribution in [0.1, 0.15) is 31.7 Å². The fourth-order valence-electron chi connectivity index (χ4n) is 2.59. The van der Waals surface area contributed by atoms with Crippen molar-refractivity contribution in [3.8, 4) is 0 Å². The molecule has 1 saturated carbocycles. The molecule has 2 fully saturated rings. The molecule has 1 atom stereocenters. The molecular weight excluding hydrogens is 202 g/mol. The van der Waals surface area contributed by atoms with E-state index in [0.717, 1.165) is 37.7 Å². The number of aliphatic hydroxyl groups is 1. The van der Waals surface area contributed by atoms with Crippen molar-refractivity contribution in [2.75, 3.05) is 13.1 Å².